The molecule has 0 aliphatic carbocycles. The van der Waals surface area contributed by atoms with Crippen LogP contribution in [-0.4, -0.2) is 11.0 Å². The molecule has 1 aromatic heterocycles. The van der Waals surface area contributed by atoms with Gasteiger partial charge in [-0.2, -0.15) is 0 Å². The number of rotatable bonds is 3. The molecule has 0 N–H and O–H groups in total. The van der Waals surface area contributed by atoms with Crippen molar-refractivity contribution in [3.05, 3.63) is 84.6 Å². The molecule has 0 bridgehead atoms. The van der Waals surface area contributed by atoms with Crippen LogP contribution in [0.5, 0.6) is 5.75 Å². The zero-order valence-corrected chi connectivity index (χ0v) is 14.8. The lowest BCUT2D eigenvalue weighted by atomic mass is 9.85. The topological polar surface area (TPSA) is 39.2 Å². The van der Waals surface area contributed by atoms with E-state index < -0.39 is 5.41 Å². The van der Waals surface area contributed by atoms with Crippen LogP contribution in [0.3, 0.4) is 0 Å². The number of aromatic nitrogens is 1. The van der Waals surface area contributed by atoms with Crippen LogP contribution in [0.15, 0.2) is 78.9 Å². The van der Waals surface area contributed by atoms with Crippen molar-refractivity contribution in [2.45, 2.75) is 19.3 Å². The van der Waals surface area contributed by atoms with Gasteiger partial charge in [0.1, 0.15) is 11.2 Å². The van der Waals surface area contributed by atoms with Crippen LogP contribution in [0.2, 0.25) is 0 Å². The van der Waals surface area contributed by atoms with E-state index in [0.29, 0.717) is 5.75 Å². The van der Waals surface area contributed by atoms with Gasteiger partial charge in [0.05, 0.1) is 11.2 Å². The molecule has 128 valence electrons. The van der Waals surface area contributed by atoms with Crippen molar-refractivity contribution in [1.82, 2.24) is 4.98 Å². The van der Waals surface area contributed by atoms with E-state index in [0.717, 1.165) is 27.4 Å². The first-order valence-electron chi connectivity index (χ1n) is 8.62. The Labute approximate surface area is 152 Å². The van der Waals surface area contributed by atoms with Gasteiger partial charge in [0.2, 0.25) is 0 Å². The van der Waals surface area contributed by atoms with Crippen LogP contribution in [0.4, 0.5) is 0 Å². The number of para-hydroxylation sites is 2. The van der Waals surface area contributed by atoms with Gasteiger partial charge in [-0.05, 0) is 37.4 Å². The van der Waals surface area contributed by atoms with E-state index in [1.165, 1.54) is 0 Å². The Morgan fingerprint density at radius 3 is 2.08 bits per heavy atom. The molecule has 0 unspecified atom stereocenters. The normalized spacial score (nSPS) is 11.6. The van der Waals surface area contributed by atoms with E-state index in [1.54, 1.807) is 12.1 Å². The number of pyridine rings is 1. The van der Waals surface area contributed by atoms with Gasteiger partial charge in [0, 0.05) is 10.8 Å². The number of fused-ring (bicyclic) bond motifs is 3. The first kappa shape index (κ1) is 16.3. The van der Waals surface area contributed by atoms with Crippen molar-refractivity contribution < 1.29 is 9.53 Å². The average Bonchev–Trinajstić information content (AvgIpc) is 2.68. The second-order valence-electron chi connectivity index (χ2n) is 6.85. The monoisotopic (exact) mass is 341 g/mol. The minimum atomic E-state index is -0.889. The second-order valence-corrected chi connectivity index (χ2v) is 6.85. The minimum Gasteiger partial charge on any atom is -0.426 e. The maximum Gasteiger partial charge on any atom is 0.323 e. The van der Waals surface area contributed by atoms with Crippen molar-refractivity contribution >= 4 is 27.6 Å². The quantitative estimate of drug-likeness (QED) is 0.289. The zero-order valence-electron chi connectivity index (χ0n) is 14.8. The third-order valence-corrected chi connectivity index (χ3v) is 4.66. The fourth-order valence-electron chi connectivity index (χ4n) is 3.20. The van der Waals surface area contributed by atoms with Crippen molar-refractivity contribution in [1.29, 1.82) is 0 Å². The van der Waals surface area contributed by atoms with E-state index in [2.05, 4.69) is 12.1 Å². The molecule has 0 atom stereocenters. The molecular weight excluding hydrogens is 322 g/mol. The van der Waals surface area contributed by atoms with Crippen LogP contribution in [-0.2, 0) is 10.2 Å². The fraction of sp³-hybridized carbons (Fsp3) is 0.130. The Bertz CT molecular complexity index is 1100. The molecule has 3 nitrogen and oxygen atoms in total. The highest BCUT2D eigenvalue weighted by molar-refractivity contribution is 6.08. The van der Waals surface area contributed by atoms with Crippen LogP contribution >= 0.6 is 0 Å². The molecule has 4 aromatic rings. The van der Waals surface area contributed by atoms with E-state index in [4.69, 9.17) is 9.72 Å². The molecule has 0 spiro atoms. The number of ether oxygens (including phenoxy) is 1. The van der Waals surface area contributed by atoms with E-state index in [1.807, 2.05) is 68.4 Å². The highest BCUT2D eigenvalue weighted by Crippen LogP contribution is 2.34. The molecule has 3 aromatic carbocycles. The molecule has 0 fully saturated rings. The Morgan fingerprint density at radius 2 is 1.35 bits per heavy atom. The van der Waals surface area contributed by atoms with E-state index in [-0.39, 0.29) is 5.97 Å². The number of hydrogen-bond acceptors (Lipinski definition) is 3. The zero-order chi connectivity index (χ0) is 18.1. The van der Waals surface area contributed by atoms with Gasteiger partial charge in [-0.15, -0.1) is 0 Å². The van der Waals surface area contributed by atoms with Crippen molar-refractivity contribution in [2.24, 2.45) is 0 Å². The molecule has 26 heavy (non-hydrogen) atoms. The predicted octanol–water partition coefficient (Wildman–Crippen LogP) is 5.27. The number of nitrogens with zero attached hydrogens (tertiary/aromatic N) is 1. The Balaban J connectivity index is 1.87. The summed E-state index contributed by atoms with van der Waals surface area (Å²) in [6, 6.07) is 25.2. The summed E-state index contributed by atoms with van der Waals surface area (Å²) in [7, 11) is 0. The summed E-state index contributed by atoms with van der Waals surface area (Å²) in [5.74, 6) is 0.215. The van der Waals surface area contributed by atoms with Crippen molar-refractivity contribution in [3.8, 4) is 5.75 Å². The summed E-state index contributed by atoms with van der Waals surface area (Å²) in [5.41, 5.74) is 0.717. The molecular formula is C23H19NO2. The van der Waals surface area contributed by atoms with Gasteiger partial charge in [0.15, 0.2) is 0 Å². The number of carbonyl (C=O) groups excluding carboxylic acids is 1. The van der Waals surface area contributed by atoms with Gasteiger partial charge < -0.3 is 4.74 Å². The second kappa shape index (κ2) is 6.26. The summed E-state index contributed by atoms with van der Waals surface area (Å²) < 4.78 is 5.62. The minimum absolute atomic E-state index is 0.323. The van der Waals surface area contributed by atoms with Gasteiger partial charge in [-0.1, -0.05) is 60.7 Å². The van der Waals surface area contributed by atoms with Gasteiger partial charge in [-0.3, -0.25) is 9.78 Å². The lowest BCUT2D eigenvalue weighted by molar-refractivity contribution is -0.139. The third kappa shape index (κ3) is 2.72. The Kier molecular flexibility index (Phi) is 3.92. The molecule has 1 heterocycles. The number of carbonyl (C=O) groups is 1. The average molecular weight is 341 g/mol. The molecule has 0 aliphatic heterocycles. The molecule has 3 heteroatoms. The van der Waals surface area contributed by atoms with Crippen molar-refractivity contribution in [3.63, 3.8) is 0 Å². The third-order valence-electron chi connectivity index (χ3n) is 4.66. The van der Waals surface area contributed by atoms with Crippen LogP contribution in [0.1, 0.15) is 19.5 Å². The van der Waals surface area contributed by atoms with Crippen molar-refractivity contribution in [2.75, 3.05) is 0 Å². The largest absolute Gasteiger partial charge is 0.426 e. The van der Waals surface area contributed by atoms with E-state index >= 15 is 0 Å². The van der Waals surface area contributed by atoms with Gasteiger partial charge in [-0.25, -0.2) is 0 Å². The van der Waals surface area contributed by atoms with E-state index in [9.17, 15) is 4.79 Å². The predicted molar refractivity (Wildman–Crippen MR) is 104 cm³/mol. The summed E-state index contributed by atoms with van der Waals surface area (Å²) in [5, 5.41) is 3.15. The summed E-state index contributed by atoms with van der Waals surface area (Å²) in [6.07, 6.45) is 0. The summed E-state index contributed by atoms with van der Waals surface area (Å²) in [4.78, 5) is 17.8. The first-order chi connectivity index (χ1) is 12.6. The molecule has 0 saturated heterocycles. The van der Waals surface area contributed by atoms with Crippen LogP contribution < -0.4 is 4.74 Å². The highest BCUT2D eigenvalue weighted by atomic mass is 16.5. The molecule has 0 saturated carbocycles. The molecule has 0 aliphatic rings. The molecule has 0 amide bonds. The van der Waals surface area contributed by atoms with Crippen LogP contribution in [0, 0.1) is 0 Å². The fourth-order valence-corrected chi connectivity index (χ4v) is 3.20. The lowest BCUT2D eigenvalue weighted by Crippen LogP contribution is -2.34. The first-order valence-corrected chi connectivity index (χ1v) is 8.62. The summed E-state index contributed by atoms with van der Waals surface area (Å²) in [6.45, 7) is 3.73. The standard InChI is InChI=1S/C23H19NO2/c1-23(2,22(25)26-16-10-4-3-5-11-16)21-19-14-7-6-12-17(19)18-13-8-9-15-20(18)24-21/h3-15H,1-2H3. The number of benzene rings is 3. The Hall–Kier alpha value is -3.20. The highest BCUT2D eigenvalue weighted by Gasteiger charge is 2.35. The number of esters is 1. The smallest absolute Gasteiger partial charge is 0.323 e. The SMILES string of the molecule is CC(C)(C(=O)Oc1ccccc1)c1nc2ccccc2c2ccccc12. The lowest BCUT2D eigenvalue weighted by Gasteiger charge is -2.24. The van der Waals surface area contributed by atoms with Gasteiger partial charge >= 0.3 is 5.97 Å². The molecule has 4 rings (SSSR count). The maximum absolute atomic E-state index is 13.0. The van der Waals surface area contributed by atoms with Gasteiger partial charge in [0.25, 0.3) is 0 Å². The Morgan fingerprint density at radius 1 is 0.769 bits per heavy atom. The summed E-state index contributed by atoms with van der Waals surface area (Å²) >= 11 is 0. The number of hydrogen-bond donors (Lipinski definition) is 0. The molecule has 0 radical (unpaired) electrons. The van der Waals surface area contributed by atoms with Crippen LogP contribution in [0.25, 0.3) is 21.7 Å². The maximum atomic E-state index is 13.0.